The summed E-state index contributed by atoms with van der Waals surface area (Å²) in [6, 6.07) is 8.75. The van der Waals surface area contributed by atoms with E-state index in [1.807, 2.05) is 6.07 Å². The van der Waals surface area contributed by atoms with Gasteiger partial charge in [0.1, 0.15) is 12.3 Å². The van der Waals surface area contributed by atoms with Crippen molar-refractivity contribution in [3.63, 3.8) is 0 Å². The lowest BCUT2D eigenvalue weighted by Crippen LogP contribution is -2.28. The Hall–Kier alpha value is -1.00. The molecule has 0 bridgehead atoms. The summed E-state index contributed by atoms with van der Waals surface area (Å²) >= 11 is 0. The van der Waals surface area contributed by atoms with Crippen molar-refractivity contribution in [2.45, 2.75) is 44.1 Å². The molecule has 1 saturated carbocycles. The quantitative estimate of drug-likeness (QED) is 0.855. The molecule has 4 heteroatoms. The van der Waals surface area contributed by atoms with Crippen LogP contribution in [0.1, 0.15) is 37.4 Å². The van der Waals surface area contributed by atoms with Crippen LogP contribution in [0.4, 0.5) is 8.78 Å². The molecular weight excluding hydrogens is 236 g/mol. The number of nitrogens with two attached hydrogens (primary N) is 1. The molecule has 102 valence electrons. The minimum atomic E-state index is -1.24. The Labute approximate surface area is 107 Å². The molecule has 0 aromatic heterocycles. The number of alkyl halides is 2. The van der Waals surface area contributed by atoms with Crippen LogP contribution in [0.3, 0.4) is 0 Å². The number of aliphatic hydroxyl groups is 1. The second-order valence-corrected chi connectivity index (χ2v) is 4.58. The third-order valence-electron chi connectivity index (χ3n) is 2.97. The van der Waals surface area contributed by atoms with Gasteiger partial charge in [-0.2, -0.15) is 0 Å². The minimum Gasteiger partial charge on any atom is -0.393 e. The maximum Gasteiger partial charge on any atom is 0.148 e. The molecule has 0 amide bonds. The van der Waals surface area contributed by atoms with Crippen LogP contribution in [-0.4, -0.2) is 23.9 Å². The van der Waals surface area contributed by atoms with E-state index < -0.39 is 19.0 Å². The van der Waals surface area contributed by atoms with Crippen molar-refractivity contribution in [1.29, 1.82) is 0 Å². The predicted octanol–water partition coefficient (Wildman–Crippen LogP) is 2.92. The van der Waals surface area contributed by atoms with E-state index in [2.05, 4.69) is 0 Å². The van der Waals surface area contributed by atoms with E-state index in [1.54, 1.807) is 24.3 Å². The van der Waals surface area contributed by atoms with Gasteiger partial charge >= 0.3 is 0 Å². The zero-order chi connectivity index (χ0) is 13.4. The fourth-order valence-corrected chi connectivity index (χ4v) is 1.93. The molecule has 3 atom stereocenters. The maximum atomic E-state index is 12.6. The van der Waals surface area contributed by atoms with Gasteiger partial charge in [0.2, 0.25) is 0 Å². The van der Waals surface area contributed by atoms with Gasteiger partial charge in [0, 0.05) is 6.04 Å². The molecule has 2 rings (SSSR count). The Morgan fingerprint density at radius 1 is 1.28 bits per heavy atom. The molecule has 0 radical (unpaired) electrons. The summed E-state index contributed by atoms with van der Waals surface area (Å²) in [5, 5.41) is 8.41. The van der Waals surface area contributed by atoms with Crippen molar-refractivity contribution >= 4 is 0 Å². The number of rotatable bonds is 2. The van der Waals surface area contributed by atoms with Gasteiger partial charge in [-0.25, -0.2) is 8.78 Å². The summed E-state index contributed by atoms with van der Waals surface area (Å²) in [6.07, 6.45) is 1.45. The molecule has 1 aromatic rings. The highest BCUT2D eigenvalue weighted by atomic mass is 19.1. The molecule has 1 aliphatic rings. The topological polar surface area (TPSA) is 46.2 Å². The van der Waals surface area contributed by atoms with Crippen molar-refractivity contribution in [2.24, 2.45) is 5.73 Å². The SMILES string of the molecule is NC1CCCC(F)C1.OCC(F)c1ccccc1. The molecule has 1 fully saturated rings. The summed E-state index contributed by atoms with van der Waals surface area (Å²) < 4.78 is 25.0. The van der Waals surface area contributed by atoms with Crippen LogP contribution in [0.25, 0.3) is 0 Å². The van der Waals surface area contributed by atoms with E-state index >= 15 is 0 Å². The third kappa shape index (κ3) is 5.56. The Morgan fingerprint density at radius 2 is 1.94 bits per heavy atom. The van der Waals surface area contributed by atoms with Gasteiger partial charge in [-0.05, 0) is 31.2 Å². The first-order valence-corrected chi connectivity index (χ1v) is 6.33. The first-order chi connectivity index (χ1) is 8.63. The van der Waals surface area contributed by atoms with E-state index in [1.165, 1.54) is 0 Å². The zero-order valence-corrected chi connectivity index (χ0v) is 10.4. The van der Waals surface area contributed by atoms with E-state index in [0.29, 0.717) is 12.0 Å². The van der Waals surface area contributed by atoms with Crippen molar-refractivity contribution in [1.82, 2.24) is 0 Å². The lowest BCUT2D eigenvalue weighted by atomic mass is 9.95. The molecule has 2 nitrogen and oxygen atoms in total. The summed E-state index contributed by atoms with van der Waals surface area (Å²) in [5.41, 5.74) is 6.02. The van der Waals surface area contributed by atoms with Gasteiger partial charge in [0.15, 0.2) is 0 Å². The average molecular weight is 257 g/mol. The molecule has 3 unspecified atom stereocenters. The van der Waals surface area contributed by atoms with Crippen LogP contribution >= 0.6 is 0 Å². The fourth-order valence-electron chi connectivity index (χ4n) is 1.93. The lowest BCUT2D eigenvalue weighted by Gasteiger charge is -2.19. The highest BCUT2D eigenvalue weighted by molar-refractivity contribution is 5.17. The lowest BCUT2D eigenvalue weighted by molar-refractivity contribution is 0.180. The van der Waals surface area contributed by atoms with Gasteiger partial charge in [-0.1, -0.05) is 30.3 Å². The molecule has 1 aliphatic carbocycles. The van der Waals surface area contributed by atoms with Crippen LogP contribution in [0.2, 0.25) is 0 Å². The molecular formula is C14H21F2NO. The monoisotopic (exact) mass is 257 g/mol. The van der Waals surface area contributed by atoms with Crippen molar-refractivity contribution < 1.29 is 13.9 Å². The average Bonchev–Trinajstić information content (AvgIpc) is 2.39. The van der Waals surface area contributed by atoms with E-state index in [4.69, 9.17) is 10.8 Å². The molecule has 0 saturated heterocycles. The largest absolute Gasteiger partial charge is 0.393 e. The molecule has 18 heavy (non-hydrogen) atoms. The minimum absolute atomic E-state index is 0.138. The Balaban J connectivity index is 0.000000184. The highest BCUT2D eigenvalue weighted by Crippen LogP contribution is 2.18. The van der Waals surface area contributed by atoms with E-state index in [9.17, 15) is 8.78 Å². The van der Waals surface area contributed by atoms with Crippen LogP contribution in [-0.2, 0) is 0 Å². The number of benzene rings is 1. The number of hydrogen-bond donors (Lipinski definition) is 2. The van der Waals surface area contributed by atoms with Gasteiger partial charge in [0.05, 0.1) is 6.61 Å². The van der Waals surface area contributed by atoms with Crippen LogP contribution in [0.5, 0.6) is 0 Å². The van der Waals surface area contributed by atoms with Gasteiger partial charge in [-0.3, -0.25) is 0 Å². The Bertz CT molecular complexity index is 313. The van der Waals surface area contributed by atoms with Gasteiger partial charge in [0.25, 0.3) is 0 Å². The standard InChI is InChI=1S/C8H9FO.C6H12FN/c9-8(6-10)7-4-2-1-3-5-7;7-5-2-1-3-6(8)4-5/h1-5,8,10H,6H2;5-6H,1-4,8H2. The normalized spacial score (nSPS) is 24.9. The van der Waals surface area contributed by atoms with Crippen LogP contribution < -0.4 is 5.73 Å². The molecule has 1 aromatic carbocycles. The number of aliphatic hydroxyl groups excluding tert-OH is 1. The second-order valence-electron chi connectivity index (χ2n) is 4.58. The molecule has 0 aliphatic heterocycles. The van der Waals surface area contributed by atoms with Gasteiger partial charge in [-0.15, -0.1) is 0 Å². The number of hydrogen-bond acceptors (Lipinski definition) is 2. The number of halogens is 2. The fraction of sp³-hybridized carbons (Fsp3) is 0.571. The summed E-state index contributed by atoms with van der Waals surface area (Å²) in [5.74, 6) is 0. The first kappa shape index (κ1) is 15.1. The maximum absolute atomic E-state index is 12.6. The van der Waals surface area contributed by atoms with Crippen molar-refractivity contribution in [3.05, 3.63) is 35.9 Å². The van der Waals surface area contributed by atoms with Crippen LogP contribution in [0, 0.1) is 0 Å². The van der Waals surface area contributed by atoms with Gasteiger partial charge < -0.3 is 10.8 Å². The second kappa shape index (κ2) is 8.16. The first-order valence-electron chi connectivity index (χ1n) is 6.33. The van der Waals surface area contributed by atoms with E-state index in [0.717, 1.165) is 19.3 Å². The zero-order valence-electron chi connectivity index (χ0n) is 10.4. The summed E-state index contributed by atoms with van der Waals surface area (Å²) in [7, 11) is 0. The Kier molecular flexibility index (Phi) is 6.83. The molecule has 3 N–H and O–H groups in total. The predicted molar refractivity (Wildman–Crippen MR) is 68.7 cm³/mol. The smallest absolute Gasteiger partial charge is 0.148 e. The summed E-state index contributed by atoms with van der Waals surface area (Å²) in [6.45, 7) is -0.440. The van der Waals surface area contributed by atoms with Crippen LogP contribution in [0.15, 0.2) is 30.3 Å². The highest BCUT2D eigenvalue weighted by Gasteiger charge is 2.17. The van der Waals surface area contributed by atoms with E-state index in [-0.39, 0.29) is 6.04 Å². The van der Waals surface area contributed by atoms with Crippen molar-refractivity contribution in [3.8, 4) is 0 Å². The molecule has 0 spiro atoms. The summed E-state index contributed by atoms with van der Waals surface area (Å²) in [4.78, 5) is 0. The molecule has 0 heterocycles. The third-order valence-corrected chi connectivity index (χ3v) is 2.97. The van der Waals surface area contributed by atoms with Crippen molar-refractivity contribution in [2.75, 3.05) is 6.61 Å². The Morgan fingerprint density at radius 3 is 2.39 bits per heavy atom.